The molecule has 0 radical (unpaired) electrons. The number of rotatable bonds is 6. The number of hydrogen-bond donors (Lipinski definition) is 0. The van der Waals surface area contributed by atoms with Crippen LogP contribution in [0.3, 0.4) is 0 Å². The Kier molecular flexibility index (Phi) is 6.52. The van der Waals surface area contributed by atoms with Gasteiger partial charge in [-0.25, -0.2) is 4.99 Å². The molecule has 0 unspecified atom stereocenters. The third kappa shape index (κ3) is 4.65. The molecule has 5 heteroatoms. The van der Waals surface area contributed by atoms with Crippen LogP contribution in [0, 0.1) is 13.8 Å². The van der Waals surface area contributed by atoms with Gasteiger partial charge in [-0.3, -0.25) is 0 Å². The minimum Gasteiger partial charge on any atom is -0.457 e. The first-order valence-corrected chi connectivity index (χ1v) is 8.72. The standard InChI is InChI=1S/C19H22Cl2N2O/c1-5-23(6-2)12-22-18-9-14(4)19(10-13(18)3)24-15-7-8-16(20)17(21)11-15/h7-12H,5-6H2,1-4H3. The zero-order chi connectivity index (χ0) is 17.7. The summed E-state index contributed by atoms with van der Waals surface area (Å²) in [5, 5.41) is 0.988. The molecule has 128 valence electrons. The van der Waals surface area contributed by atoms with Crippen molar-refractivity contribution in [1.82, 2.24) is 4.90 Å². The van der Waals surface area contributed by atoms with Gasteiger partial charge < -0.3 is 9.64 Å². The van der Waals surface area contributed by atoms with Gasteiger partial charge in [0.1, 0.15) is 11.5 Å². The van der Waals surface area contributed by atoms with Crippen LogP contribution in [-0.4, -0.2) is 24.3 Å². The Labute approximate surface area is 153 Å². The van der Waals surface area contributed by atoms with Crippen molar-refractivity contribution in [2.75, 3.05) is 13.1 Å². The highest BCUT2D eigenvalue weighted by Gasteiger charge is 2.08. The molecule has 0 amide bonds. The molecule has 0 fully saturated rings. The van der Waals surface area contributed by atoms with Gasteiger partial charge >= 0.3 is 0 Å². The van der Waals surface area contributed by atoms with E-state index in [1.165, 1.54) is 0 Å². The summed E-state index contributed by atoms with van der Waals surface area (Å²) < 4.78 is 5.94. The molecule has 2 rings (SSSR count). The largest absolute Gasteiger partial charge is 0.457 e. The van der Waals surface area contributed by atoms with Crippen LogP contribution in [0.5, 0.6) is 11.5 Å². The van der Waals surface area contributed by atoms with Crippen molar-refractivity contribution < 1.29 is 4.74 Å². The topological polar surface area (TPSA) is 24.8 Å². The lowest BCUT2D eigenvalue weighted by molar-refractivity contribution is 0.477. The molecule has 0 heterocycles. The lowest BCUT2D eigenvalue weighted by Crippen LogP contribution is -2.20. The van der Waals surface area contributed by atoms with Gasteiger partial charge in [-0.1, -0.05) is 23.2 Å². The Hall–Kier alpha value is -1.71. The average molecular weight is 365 g/mol. The first kappa shape index (κ1) is 18.6. The molecular formula is C19H22Cl2N2O. The van der Waals surface area contributed by atoms with Crippen LogP contribution in [0.15, 0.2) is 35.3 Å². The fourth-order valence-electron chi connectivity index (χ4n) is 2.22. The van der Waals surface area contributed by atoms with Crippen LogP contribution < -0.4 is 4.74 Å². The van der Waals surface area contributed by atoms with Crippen molar-refractivity contribution in [1.29, 1.82) is 0 Å². The van der Waals surface area contributed by atoms with Gasteiger partial charge in [0, 0.05) is 19.2 Å². The van der Waals surface area contributed by atoms with Gasteiger partial charge in [-0.05, 0) is 63.1 Å². The summed E-state index contributed by atoms with van der Waals surface area (Å²) in [5.41, 5.74) is 3.01. The monoisotopic (exact) mass is 364 g/mol. The smallest absolute Gasteiger partial charge is 0.130 e. The van der Waals surface area contributed by atoms with Crippen molar-refractivity contribution in [3.05, 3.63) is 51.5 Å². The van der Waals surface area contributed by atoms with Crippen molar-refractivity contribution in [3.63, 3.8) is 0 Å². The van der Waals surface area contributed by atoms with E-state index in [2.05, 4.69) is 23.7 Å². The van der Waals surface area contributed by atoms with E-state index in [-0.39, 0.29) is 0 Å². The minimum absolute atomic E-state index is 0.476. The molecular weight excluding hydrogens is 343 g/mol. The number of ether oxygens (including phenoxy) is 1. The van der Waals surface area contributed by atoms with Gasteiger partial charge in [-0.15, -0.1) is 0 Å². The second-order valence-corrected chi connectivity index (χ2v) is 6.36. The van der Waals surface area contributed by atoms with E-state index in [1.807, 2.05) is 32.3 Å². The highest BCUT2D eigenvalue weighted by molar-refractivity contribution is 6.42. The maximum absolute atomic E-state index is 6.04. The van der Waals surface area contributed by atoms with Crippen LogP contribution in [0.2, 0.25) is 10.0 Å². The number of aliphatic imine (C=N–C) groups is 1. The highest BCUT2D eigenvalue weighted by Crippen LogP contribution is 2.33. The highest BCUT2D eigenvalue weighted by atomic mass is 35.5. The molecule has 0 saturated heterocycles. The maximum atomic E-state index is 6.04. The summed E-state index contributed by atoms with van der Waals surface area (Å²) in [6, 6.07) is 9.26. The van der Waals surface area contributed by atoms with Crippen LogP contribution >= 0.6 is 23.2 Å². The summed E-state index contributed by atoms with van der Waals surface area (Å²) in [7, 11) is 0. The number of aryl methyl sites for hydroxylation is 2. The van der Waals surface area contributed by atoms with Gasteiger partial charge in [0.15, 0.2) is 0 Å². The summed E-state index contributed by atoms with van der Waals surface area (Å²) in [4.78, 5) is 6.74. The molecule has 0 aliphatic carbocycles. The molecule has 24 heavy (non-hydrogen) atoms. The molecule has 0 saturated carbocycles. The summed E-state index contributed by atoms with van der Waals surface area (Å²) in [6.07, 6.45) is 1.89. The van der Waals surface area contributed by atoms with Gasteiger partial charge in [-0.2, -0.15) is 0 Å². The quantitative estimate of drug-likeness (QED) is 0.437. The second kappa shape index (κ2) is 8.41. The van der Waals surface area contributed by atoms with Gasteiger partial charge in [0.2, 0.25) is 0 Å². The number of hydrogen-bond acceptors (Lipinski definition) is 2. The molecule has 0 aliphatic heterocycles. The van der Waals surface area contributed by atoms with Crippen LogP contribution in [0.25, 0.3) is 0 Å². The molecule has 3 nitrogen and oxygen atoms in total. The summed E-state index contributed by atoms with van der Waals surface area (Å²) in [5.74, 6) is 1.44. The van der Waals surface area contributed by atoms with Crippen LogP contribution in [-0.2, 0) is 0 Å². The van der Waals surface area contributed by atoms with Crippen molar-refractivity contribution >= 4 is 35.2 Å². The Morgan fingerprint density at radius 1 is 1.00 bits per heavy atom. The van der Waals surface area contributed by atoms with E-state index in [9.17, 15) is 0 Å². The predicted octanol–water partition coefficient (Wildman–Crippen LogP) is 6.40. The number of benzene rings is 2. The predicted molar refractivity (Wildman–Crippen MR) is 104 cm³/mol. The normalized spacial score (nSPS) is 11.1. The van der Waals surface area contributed by atoms with Crippen molar-refractivity contribution in [2.24, 2.45) is 4.99 Å². The Bertz CT molecular complexity index is 740. The molecule has 0 aromatic heterocycles. The first-order valence-electron chi connectivity index (χ1n) is 7.97. The zero-order valence-corrected chi connectivity index (χ0v) is 15.9. The molecule has 0 atom stereocenters. The molecule has 2 aromatic rings. The molecule has 0 spiro atoms. The number of halogens is 2. The van der Waals surface area contributed by atoms with Gasteiger partial charge in [0.05, 0.1) is 22.1 Å². The van der Waals surface area contributed by atoms with Crippen LogP contribution in [0.4, 0.5) is 5.69 Å². The summed E-state index contributed by atoms with van der Waals surface area (Å²) >= 11 is 12.0. The molecule has 0 bridgehead atoms. The van der Waals surface area contributed by atoms with E-state index in [0.717, 1.165) is 35.7 Å². The lowest BCUT2D eigenvalue weighted by Gasteiger charge is -2.15. The van der Waals surface area contributed by atoms with E-state index in [4.69, 9.17) is 27.9 Å². The van der Waals surface area contributed by atoms with Gasteiger partial charge in [0.25, 0.3) is 0 Å². The number of nitrogens with zero attached hydrogens (tertiary/aromatic N) is 2. The first-order chi connectivity index (χ1) is 11.4. The fourth-order valence-corrected chi connectivity index (χ4v) is 2.51. The summed E-state index contributed by atoms with van der Waals surface area (Å²) in [6.45, 7) is 10.1. The molecule has 0 aliphatic rings. The van der Waals surface area contributed by atoms with E-state index < -0.39 is 0 Å². The molecule has 0 N–H and O–H groups in total. The van der Waals surface area contributed by atoms with E-state index >= 15 is 0 Å². The second-order valence-electron chi connectivity index (χ2n) is 5.55. The Morgan fingerprint density at radius 3 is 2.33 bits per heavy atom. The average Bonchev–Trinajstić information content (AvgIpc) is 2.56. The zero-order valence-electron chi connectivity index (χ0n) is 14.4. The lowest BCUT2D eigenvalue weighted by atomic mass is 10.1. The fraction of sp³-hybridized carbons (Fsp3) is 0.316. The van der Waals surface area contributed by atoms with Crippen LogP contribution in [0.1, 0.15) is 25.0 Å². The SMILES string of the molecule is CCN(C=Nc1cc(C)c(Oc2ccc(Cl)c(Cl)c2)cc1C)CC. The maximum Gasteiger partial charge on any atom is 0.130 e. The molecule has 2 aromatic carbocycles. The third-order valence-electron chi connectivity index (χ3n) is 3.78. The van der Waals surface area contributed by atoms with Crippen molar-refractivity contribution in [2.45, 2.75) is 27.7 Å². The van der Waals surface area contributed by atoms with E-state index in [0.29, 0.717) is 15.8 Å². The van der Waals surface area contributed by atoms with E-state index in [1.54, 1.807) is 18.2 Å². The minimum atomic E-state index is 0.476. The Balaban J connectivity index is 2.24. The third-order valence-corrected chi connectivity index (χ3v) is 4.52. The Morgan fingerprint density at radius 2 is 1.71 bits per heavy atom. The van der Waals surface area contributed by atoms with Crippen molar-refractivity contribution in [3.8, 4) is 11.5 Å².